The van der Waals surface area contributed by atoms with E-state index < -0.39 is 0 Å². The molecule has 1 heterocycles. The van der Waals surface area contributed by atoms with E-state index in [4.69, 9.17) is 0 Å². The van der Waals surface area contributed by atoms with Crippen LogP contribution in [0.2, 0.25) is 0 Å². The van der Waals surface area contributed by atoms with Gasteiger partial charge in [-0.05, 0) is 48.8 Å². The summed E-state index contributed by atoms with van der Waals surface area (Å²) in [4.78, 5) is 2.59. The molecule has 1 N–H and O–H groups in total. The zero-order valence-corrected chi connectivity index (χ0v) is 13.7. The van der Waals surface area contributed by atoms with E-state index >= 15 is 0 Å². The van der Waals surface area contributed by atoms with E-state index in [1.807, 2.05) is 0 Å². The molecule has 116 valence electrons. The standard InChI is InChI=1S/C19H30N2/c1-16(2)20-15-17-5-7-18(8-6-17)21-13-11-19(12-14-21)9-3-4-10-19/h5-8,16,20H,3-4,9-15H2,1-2H3. The van der Waals surface area contributed by atoms with Crippen LogP contribution in [0.4, 0.5) is 5.69 Å². The summed E-state index contributed by atoms with van der Waals surface area (Å²) in [5.74, 6) is 0. The number of hydrogen-bond acceptors (Lipinski definition) is 2. The average Bonchev–Trinajstić information content (AvgIpc) is 2.95. The van der Waals surface area contributed by atoms with Gasteiger partial charge in [-0.25, -0.2) is 0 Å². The number of hydrogen-bond donors (Lipinski definition) is 1. The number of nitrogens with one attached hydrogen (secondary N) is 1. The Bertz CT molecular complexity index is 433. The lowest BCUT2D eigenvalue weighted by atomic mass is 9.77. The second-order valence-corrected chi connectivity index (χ2v) is 7.40. The van der Waals surface area contributed by atoms with Crippen molar-refractivity contribution in [1.29, 1.82) is 0 Å². The van der Waals surface area contributed by atoms with E-state index in [9.17, 15) is 0 Å². The largest absolute Gasteiger partial charge is 0.371 e. The van der Waals surface area contributed by atoms with Gasteiger partial charge in [-0.3, -0.25) is 0 Å². The van der Waals surface area contributed by atoms with Gasteiger partial charge in [0.25, 0.3) is 0 Å². The molecular formula is C19H30N2. The SMILES string of the molecule is CC(C)NCc1ccc(N2CCC3(CCCC3)CC2)cc1. The molecule has 2 fully saturated rings. The van der Waals surface area contributed by atoms with E-state index in [0.717, 1.165) is 12.0 Å². The van der Waals surface area contributed by atoms with Gasteiger partial charge < -0.3 is 10.2 Å². The third-order valence-corrected chi connectivity index (χ3v) is 5.50. The normalized spacial score (nSPS) is 21.4. The Morgan fingerprint density at radius 1 is 1.00 bits per heavy atom. The van der Waals surface area contributed by atoms with Crippen molar-refractivity contribution in [2.45, 2.75) is 65.0 Å². The maximum atomic E-state index is 3.48. The summed E-state index contributed by atoms with van der Waals surface area (Å²) in [6.45, 7) is 7.87. The minimum Gasteiger partial charge on any atom is -0.371 e. The maximum absolute atomic E-state index is 3.48. The van der Waals surface area contributed by atoms with Crippen LogP contribution in [0.5, 0.6) is 0 Å². The molecule has 1 aromatic carbocycles. The summed E-state index contributed by atoms with van der Waals surface area (Å²) >= 11 is 0. The quantitative estimate of drug-likeness (QED) is 0.885. The Hall–Kier alpha value is -1.02. The molecule has 0 bridgehead atoms. The number of rotatable bonds is 4. The van der Waals surface area contributed by atoms with Crippen LogP contribution in [0.25, 0.3) is 0 Å². The van der Waals surface area contributed by atoms with E-state index in [1.54, 1.807) is 0 Å². The molecule has 0 amide bonds. The van der Waals surface area contributed by atoms with E-state index in [2.05, 4.69) is 48.3 Å². The van der Waals surface area contributed by atoms with Gasteiger partial charge >= 0.3 is 0 Å². The van der Waals surface area contributed by atoms with Crippen molar-refractivity contribution in [3.8, 4) is 0 Å². The Morgan fingerprint density at radius 3 is 2.19 bits per heavy atom. The van der Waals surface area contributed by atoms with Crippen LogP contribution in [0.3, 0.4) is 0 Å². The third kappa shape index (κ3) is 3.60. The van der Waals surface area contributed by atoms with E-state index in [-0.39, 0.29) is 0 Å². The topological polar surface area (TPSA) is 15.3 Å². The first-order chi connectivity index (χ1) is 10.2. The number of piperidine rings is 1. The van der Waals surface area contributed by atoms with Gasteiger partial charge in [0.15, 0.2) is 0 Å². The lowest BCUT2D eigenvalue weighted by Gasteiger charge is -2.40. The second-order valence-electron chi connectivity index (χ2n) is 7.40. The van der Waals surface area contributed by atoms with Gasteiger partial charge in [0.05, 0.1) is 0 Å². The molecule has 0 radical (unpaired) electrons. The Balaban J connectivity index is 1.55. The molecule has 0 atom stereocenters. The van der Waals surface area contributed by atoms with Crippen LogP contribution in [-0.2, 0) is 6.54 Å². The van der Waals surface area contributed by atoms with Gasteiger partial charge in [-0.1, -0.05) is 38.8 Å². The maximum Gasteiger partial charge on any atom is 0.0366 e. The first kappa shape index (κ1) is 14.9. The fraction of sp³-hybridized carbons (Fsp3) is 0.684. The molecule has 1 aliphatic heterocycles. The fourth-order valence-electron chi connectivity index (χ4n) is 4.01. The molecule has 1 spiro atoms. The summed E-state index contributed by atoms with van der Waals surface area (Å²) in [5.41, 5.74) is 3.52. The summed E-state index contributed by atoms with van der Waals surface area (Å²) in [6, 6.07) is 9.73. The Morgan fingerprint density at radius 2 is 1.62 bits per heavy atom. The molecule has 2 aliphatic rings. The van der Waals surface area contributed by atoms with Crippen LogP contribution < -0.4 is 10.2 Å². The smallest absolute Gasteiger partial charge is 0.0366 e. The number of anilines is 1. The highest BCUT2D eigenvalue weighted by atomic mass is 15.1. The molecule has 1 saturated heterocycles. The van der Waals surface area contributed by atoms with Gasteiger partial charge in [-0.2, -0.15) is 0 Å². The van der Waals surface area contributed by atoms with Crippen molar-refractivity contribution in [1.82, 2.24) is 5.32 Å². The summed E-state index contributed by atoms with van der Waals surface area (Å²) in [7, 11) is 0. The molecule has 3 rings (SSSR count). The van der Waals surface area contributed by atoms with Gasteiger partial charge in [0.2, 0.25) is 0 Å². The van der Waals surface area contributed by atoms with Gasteiger partial charge in [0.1, 0.15) is 0 Å². The van der Waals surface area contributed by atoms with Crippen LogP contribution >= 0.6 is 0 Å². The molecule has 0 unspecified atom stereocenters. The number of benzene rings is 1. The Kier molecular flexibility index (Phi) is 4.54. The zero-order chi connectivity index (χ0) is 14.7. The molecule has 2 nitrogen and oxygen atoms in total. The molecule has 1 aliphatic carbocycles. The monoisotopic (exact) mass is 286 g/mol. The third-order valence-electron chi connectivity index (χ3n) is 5.50. The summed E-state index contributed by atoms with van der Waals surface area (Å²) in [6.07, 6.45) is 8.73. The molecule has 2 heteroatoms. The molecule has 1 saturated carbocycles. The predicted molar refractivity (Wildman–Crippen MR) is 90.8 cm³/mol. The number of nitrogens with zero attached hydrogens (tertiary/aromatic N) is 1. The minimum absolute atomic E-state index is 0.550. The second kappa shape index (κ2) is 6.39. The van der Waals surface area contributed by atoms with Crippen LogP contribution in [-0.4, -0.2) is 19.1 Å². The minimum atomic E-state index is 0.550. The molecule has 21 heavy (non-hydrogen) atoms. The van der Waals surface area contributed by atoms with Crippen molar-refractivity contribution >= 4 is 5.69 Å². The van der Waals surface area contributed by atoms with Gasteiger partial charge in [-0.15, -0.1) is 0 Å². The predicted octanol–water partition coefficient (Wildman–Crippen LogP) is 4.35. The average molecular weight is 286 g/mol. The fourth-order valence-corrected chi connectivity index (χ4v) is 4.01. The van der Waals surface area contributed by atoms with Crippen LogP contribution in [0.15, 0.2) is 24.3 Å². The highest BCUT2D eigenvalue weighted by molar-refractivity contribution is 5.48. The van der Waals surface area contributed by atoms with Crippen LogP contribution in [0, 0.1) is 5.41 Å². The molecule has 0 aromatic heterocycles. The van der Waals surface area contributed by atoms with Crippen molar-refractivity contribution < 1.29 is 0 Å². The van der Waals surface area contributed by atoms with Crippen molar-refractivity contribution in [3.63, 3.8) is 0 Å². The first-order valence-corrected chi connectivity index (χ1v) is 8.74. The van der Waals surface area contributed by atoms with Gasteiger partial charge in [0, 0.05) is 31.4 Å². The summed E-state index contributed by atoms with van der Waals surface area (Å²) < 4.78 is 0. The highest BCUT2D eigenvalue weighted by Crippen LogP contribution is 2.46. The first-order valence-electron chi connectivity index (χ1n) is 8.74. The molecule has 1 aromatic rings. The summed E-state index contributed by atoms with van der Waals surface area (Å²) in [5, 5.41) is 3.48. The molecular weight excluding hydrogens is 256 g/mol. The Labute approximate surface area is 129 Å². The van der Waals surface area contributed by atoms with E-state index in [1.165, 1.54) is 62.9 Å². The lowest BCUT2D eigenvalue weighted by molar-refractivity contribution is 0.226. The van der Waals surface area contributed by atoms with Crippen molar-refractivity contribution in [2.24, 2.45) is 5.41 Å². The lowest BCUT2D eigenvalue weighted by Crippen LogP contribution is -2.38. The van der Waals surface area contributed by atoms with Crippen LogP contribution in [0.1, 0.15) is 57.9 Å². The van der Waals surface area contributed by atoms with Crippen molar-refractivity contribution in [3.05, 3.63) is 29.8 Å². The highest BCUT2D eigenvalue weighted by Gasteiger charge is 2.36. The van der Waals surface area contributed by atoms with Crippen molar-refractivity contribution in [2.75, 3.05) is 18.0 Å². The zero-order valence-electron chi connectivity index (χ0n) is 13.7. The van der Waals surface area contributed by atoms with E-state index in [0.29, 0.717) is 6.04 Å².